The monoisotopic (exact) mass is 355 g/mol. The van der Waals surface area contributed by atoms with Crippen molar-refractivity contribution in [2.75, 3.05) is 7.11 Å². The maximum absolute atomic E-state index is 12.8. The van der Waals surface area contributed by atoms with Gasteiger partial charge in [-0.05, 0) is 13.0 Å². The molecule has 0 fully saturated rings. The normalized spacial score (nSPS) is 11.3. The minimum absolute atomic E-state index is 0.105. The smallest absolute Gasteiger partial charge is 0.343 e. The van der Waals surface area contributed by atoms with Crippen LogP contribution < -0.4 is 5.56 Å². The molecule has 0 aliphatic carbocycles. The van der Waals surface area contributed by atoms with Crippen molar-refractivity contribution >= 4 is 22.5 Å². The lowest BCUT2D eigenvalue weighted by Crippen LogP contribution is -2.20. The van der Waals surface area contributed by atoms with Crippen LogP contribution in [0, 0.1) is 6.92 Å². The highest BCUT2D eigenvalue weighted by molar-refractivity contribution is 5.98. The molecule has 0 aromatic carbocycles. The summed E-state index contributed by atoms with van der Waals surface area (Å²) in [6.45, 7) is 1.35. The van der Waals surface area contributed by atoms with Crippen LogP contribution in [0.25, 0.3) is 22.5 Å². The molecule has 4 aromatic heterocycles. The van der Waals surface area contributed by atoms with E-state index in [4.69, 9.17) is 9.84 Å². The number of aryl methyl sites for hydroxylation is 1. The highest BCUT2D eigenvalue weighted by Gasteiger charge is 2.21. The molecule has 11 heteroatoms. The summed E-state index contributed by atoms with van der Waals surface area (Å²) in [6.07, 6.45) is 2.86. The summed E-state index contributed by atoms with van der Waals surface area (Å²) >= 11 is 0. The van der Waals surface area contributed by atoms with Gasteiger partial charge in [0.05, 0.1) is 23.7 Å². The van der Waals surface area contributed by atoms with E-state index >= 15 is 0 Å². The number of pyridine rings is 1. The first-order chi connectivity index (χ1) is 12.5. The fourth-order valence-electron chi connectivity index (χ4n) is 2.74. The first-order valence-corrected chi connectivity index (χ1v) is 7.55. The number of aliphatic hydroxyl groups excluding tert-OH is 1. The second kappa shape index (κ2) is 5.74. The second-order valence-electron chi connectivity index (χ2n) is 5.48. The summed E-state index contributed by atoms with van der Waals surface area (Å²) < 4.78 is 7.43. The molecular formula is C15H13N7O4. The SMILES string of the molecule is COC(=O)c1c(C)nn2c1ncc1c(=O)n(-c3n[nH]c(CO)n3)ccc12. The Morgan fingerprint density at radius 3 is 2.92 bits per heavy atom. The van der Waals surface area contributed by atoms with Crippen LogP contribution in [0.2, 0.25) is 0 Å². The van der Waals surface area contributed by atoms with E-state index in [9.17, 15) is 9.59 Å². The summed E-state index contributed by atoms with van der Waals surface area (Å²) in [5.74, 6) is -0.200. The third-order valence-electron chi connectivity index (χ3n) is 3.96. The fourth-order valence-corrected chi connectivity index (χ4v) is 2.74. The number of ether oxygens (including phenoxy) is 1. The van der Waals surface area contributed by atoms with Gasteiger partial charge in [-0.2, -0.15) is 10.1 Å². The first-order valence-electron chi connectivity index (χ1n) is 7.55. The Hall–Kier alpha value is -3.60. The molecule has 4 rings (SSSR count). The van der Waals surface area contributed by atoms with E-state index in [0.29, 0.717) is 16.9 Å². The van der Waals surface area contributed by atoms with Gasteiger partial charge in [0.15, 0.2) is 11.5 Å². The number of aliphatic hydroxyl groups is 1. The summed E-state index contributed by atoms with van der Waals surface area (Å²) in [5.41, 5.74) is 1.07. The van der Waals surface area contributed by atoms with Crippen LogP contribution in [-0.2, 0) is 11.3 Å². The van der Waals surface area contributed by atoms with Crippen molar-refractivity contribution < 1.29 is 14.6 Å². The molecule has 0 atom stereocenters. The molecule has 4 aromatic rings. The molecule has 0 saturated heterocycles. The highest BCUT2D eigenvalue weighted by atomic mass is 16.5. The number of H-pyrrole nitrogens is 1. The predicted octanol–water partition coefficient (Wildman–Crippen LogP) is -0.261. The largest absolute Gasteiger partial charge is 0.465 e. The average Bonchev–Trinajstić information content (AvgIpc) is 3.25. The maximum Gasteiger partial charge on any atom is 0.343 e. The van der Waals surface area contributed by atoms with Crippen LogP contribution in [0.1, 0.15) is 21.9 Å². The Balaban J connectivity index is 1.98. The highest BCUT2D eigenvalue weighted by Crippen LogP contribution is 2.19. The van der Waals surface area contributed by atoms with Crippen molar-refractivity contribution in [3.63, 3.8) is 0 Å². The van der Waals surface area contributed by atoms with Gasteiger partial charge >= 0.3 is 5.97 Å². The van der Waals surface area contributed by atoms with Crippen molar-refractivity contribution in [3.8, 4) is 5.95 Å². The van der Waals surface area contributed by atoms with E-state index in [1.165, 1.54) is 28.6 Å². The molecule has 0 spiro atoms. The molecule has 11 nitrogen and oxygen atoms in total. The summed E-state index contributed by atoms with van der Waals surface area (Å²) in [7, 11) is 1.28. The van der Waals surface area contributed by atoms with Crippen LogP contribution in [0.5, 0.6) is 0 Å². The zero-order chi connectivity index (χ0) is 18.4. The predicted molar refractivity (Wildman–Crippen MR) is 88.0 cm³/mol. The Morgan fingerprint density at radius 1 is 1.42 bits per heavy atom. The van der Waals surface area contributed by atoms with Gasteiger partial charge in [-0.25, -0.2) is 18.9 Å². The van der Waals surface area contributed by atoms with Gasteiger partial charge in [-0.15, -0.1) is 5.10 Å². The number of nitrogens with zero attached hydrogens (tertiary/aromatic N) is 6. The molecule has 0 radical (unpaired) electrons. The molecule has 26 heavy (non-hydrogen) atoms. The van der Waals surface area contributed by atoms with E-state index < -0.39 is 11.5 Å². The van der Waals surface area contributed by atoms with Crippen molar-refractivity contribution in [3.05, 3.63) is 45.9 Å². The lowest BCUT2D eigenvalue weighted by atomic mass is 10.2. The van der Waals surface area contributed by atoms with Gasteiger partial charge in [0, 0.05) is 12.4 Å². The first kappa shape index (κ1) is 15.9. The number of aromatic amines is 1. The second-order valence-corrected chi connectivity index (χ2v) is 5.48. The van der Waals surface area contributed by atoms with Gasteiger partial charge in [-0.1, -0.05) is 0 Å². The summed E-state index contributed by atoms with van der Waals surface area (Å²) in [4.78, 5) is 33.0. The van der Waals surface area contributed by atoms with E-state index in [1.807, 2.05) is 0 Å². The molecule has 2 N–H and O–H groups in total. The molecule has 0 amide bonds. The molecule has 0 aliphatic rings. The van der Waals surface area contributed by atoms with Crippen LogP contribution in [0.15, 0.2) is 23.3 Å². The maximum atomic E-state index is 12.8. The van der Waals surface area contributed by atoms with Crippen molar-refractivity contribution in [1.29, 1.82) is 0 Å². The Bertz CT molecular complexity index is 1220. The lowest BCUT2D eigenvalue weighted by Gasteiger charge is -2.04. The number of esters is 1. The molecular weight excluding hydrogens is 342 g/mol. The Morgan fingerprint density at radius 2 is 2.23 bits per heavy atom. The van der Waals surface area contributed by atoms with Crippen molar-refractivity contribution in [1.82, 2.24) is 34.3 Å². The number of methoxy groups -OCH3 is 1. The molecule has 132 valence electrons. The van der Waals surface area contributed by atoms with Crippen LogP contribution >= 0.6 is 0 Å². The number of fused-ring (bicyclic) bond motifs is 3. The summed E-state index contributed by atoms with van der Waals surface area (Å²) in [5, 5.41) is 20.1. The van der Waals surface area contributed by atoms with Gasteiger partial charge in [0.2, 0.25) is 0 Å². The summed E-state index contributed by atoms with van der Waals surface area (Å²) in [6, 6.07) is 1.65. The van der Waals surface area contributed by atoms with E-state index in [2.05, 4.69) is 25.3 Å². The Kier molecular flexibility index (Phi) is 3.51. The van der Waals surface area contributed by atoms with Crippen LogP contribution in [0.4, 0.5) is 0 Å². The molecule has 0 bridgehead atoms. The van der Waals surface area contributed by atoms with Crippen LogP contribution in [0.3, 0.4) is 0 Å². The number of hydrogen-bond donors (Lipinski definition) is 2. The third-order valence-corrected chi connectivity index (χ3v) is 3.96. The molecule has 0 unspecified atom stereocenters. The Labute approximate surface area is 144 Å². The zero-order valence-electron chi connectivity index (χ0n) is 13.8. The fraction of sp³-hybridized carbons (Fsp3) is 0.200. The van der Waals surface area contributed by atoms with Gasteiger partial charge in [-0.3, -0.25) is 9.89 Å². The molecule has 4 heterocycles. The number of hydrogen-bond acceptors (Lipinski definition) is 8. The topological polar surface area (TPSA) is 140 Å². The number of nitrogens with one attached hydrogen (secondary N) is 1. The zero-order valence-corrected chi connectivity index (χ0v) is 13.8. The molecule has 0 saturated carbocycles. The number of carbonyl (C=O) groups excluding carboxylic acids is 1. The number of carbonyl (C=O) groups is 1. The average molecular weight is 355 g/mol. The van der Waals surface area contributed by atoms with E-state index in [-0.39, 0.29) is 29.3 Å². The van der Waals surface area contributed by atoms with Gasteiger partial charge in [0.1, 0.15) is 12.2 Å². The minimum Gasteiger partial charge on any atom is -0.465 e. The van der Waals surface area contributed by atoms with E-state index in [1.54, 1.807) is 13.0 Å². The van der Waals surface area contributed by atoms with Crippen molar-refractivity contribution in [2.45, 2.75) is 13.5 Å². The van der Waals surface area contributed by atoms with E-state index in [0.717, 1.165) is 0 Å². The van der Waals surface area contributed by atoms with Gasteiger partial charge in [0.25, 0.3) is 11.5 Å². The third kappa shape index (κ3) is 2.18. The minimum atomic E-state index is -0.546. The lowest BCUT2D eigenvalue weighted by molar-refractivity contribution is 0.0602. The quantitative estimate of drug-likeness (QED) is 0.479. The van der Waals surface area contributed by atoms with Crippen molar-refractivity contribution in [2.24, 2.45) is 0 Å². The number of aromatic nitrogens is 7. The standard InChI is InChI=1S/C15H13N7O4/c1-7-11(14(25)26-2)12-16-5-8-9(22(12)20-7)3-4-21(13(8)24)15-17-10(6-23)18-19-15/h3-5,23H,6H2,1-2H3,(H,17,18,19). The molecule has 0 aliphatic heterocycles. The van der Waals surface area contributed by atoms with Crippen LogP contribution in [-0.4, -0.2) is 52.5 Å². The number of rotatable bonds is 3. The van der Waals surface area contributed by atoms with Gasteiger partial charge < -0.3 is 9.84 Å².